The number of aliphatic hydroxyl groups is 13. The van der Waals surface area contributed by atoms with E-state index in [9.17, 15) is 90.1 Å². The standard InChI is InChI=1S/C64H125NO24P2/c1-3-5-7-9-11-13-15-17-19-20-21-22-23-24-25-26-28-30-32-34-36-38-40-42-48(67)65-45(46(66)41-39-37-35-33-31-29-27-18-16-14-12-10-8-6-4-2)43-84-90(80,81)89-63-59(78)55(74)54(73)58(77)62(63)87-64-60(79)50(69)49(68)47(86-64)44-85-91(82,83)88-61-56(75)52(71)51(70)53(72)57(61)76/h45-47,49-64,66,68-79H,3-44H2,1-2H3,(H,65,67)(H,80,81)(H,82,83)/t45-,46+,47+,49+,50?,51?,52+,53?,54?,55?,56?,57?,58+,59?,60?,61?,62?,63-,64+/m0/s1. The van der Waals surface area contributed by atoms with Crippen LogP contribution < -0.4 is 5.32 Å². The number of hydrogen-bond donors (Lipinski definition) is 16. The smallest absolute Gasteiger partial charge is 0.391 e. The van der Waals surface area contributed by atoms with Gasteiger partial charge in [0.15, 0.2) is 6.29 Å². The van der Waals surface area contributed by atoms with Crippen molar-refractivity contribution in [3.05, 3.63) is 0 Å². The maximum atomic E-state index is 13.8. The Bertz CT molecular complexity index is 1920. The van der Waals surface area contributed by atoms with Gasteiger partial charge in [0.05, 0.1) is 25.4 Å². The van der Waals surface area contributed by atoms with Crippen LogP contribution in [0.15, 0.2) is 0 Å². The topological polar surface area (TPSA) is 422 Å². The number of carbonyl (C=O) groups excluding carboxylic acids is 1. The van der Waals surface area contributed by atoms with Crippen molar-refractivity contribution in [1.29, 1.82) is 0 Å². The van der Waals surface area contributed by atoms with E-state index in [0.29, 0.717) is 12.8 Å². The third kappa shape index (κ3) is 33.0. The fourth-order valence-electron chi connectivity index (χ4n) is 12.3. The highest BCUT2D eigenvalue weighted by Gasteiger charge is 2.56. The molecule has 0 aromatic heterocycles. The SMILES string of the molecule is CCCCCCCCCCCCCCCCCCCCCCCCCC(=O)N[C@@H](COP(=O)(O)O[C@H]1C(O)C(O)C(O)[C@@H](O)C1O[C@H]1O[C@H](COP(=O)(O)OC2C(O)C(O)C(O)[C@@H](O)C2O)[C@@H](O)C(O)C1O)[C@H](O)CCCCCCCCCCCCCCCCC. The first-order valence-corrected chi connectivity index (χ1v) is 38.2. The Morgan fingerprint density at radius 1 is 0.396 bits per heavy atom. The minimum atomic E-state index is -5.51. The monoisotopic (exact) mass is 1350 g/mol. The number of amides is 1. The molecule has 25 nitrogen and oxygen atoms in total. The highest BCUT2D eigenvalue weighted by Crippen LogP contribution is 2.49. The molecule has 1 amide bonds. The average molecular weight is 1350 g/mol. The Labute approximate surface area is 542 Å². The summed E-state index contributed by atoms with van der Waals surface area (Å²) in [6.45, 7) is 2.44. The predicted octanol–water partition coefficient (Wildman–Crippen LogP) is 6.95. The van der Waals surface area contributed by atoms with E-state index in [1.165, 1.54) is 173 Å². The van der Waals surface area contributed by atoms with Gasteiger partial charge in [0.1, 0.15) is 97.7 Å². The van der Waals surface area contributed by atoms with E-state index < -0.39 is 151 Å². The molecule has 2 aliphatic carbocycles. The van der Waals surface area contributed by atoms with Crippen LogP contribution in [0.1, 0.15) is 271 Å². The highest BCUT2D eigenvalue weighted by atomic mass is 31.2. The lowest BCUT2D eigenvalue weighted by Gasteiger charge is -2.47. The molecule has 0 aromatic rings. The zero-order valence-electron chi connectivity index (χ0n) is 54.9. The van der Waals surface area contributed by atoms with E-state index in [0.717, 1.165) is 57.8 Å². The van der Waals surface area contributed by atoms with Crippen LogP contribution >= 0.6 is 15.6 Å². The van der Waals surface area contributed by atoms with E-state index in [-0.39, 0.29) is 12.8 Å². The minimum absolute atomic E-state index is 0.109. The lowest BCUT2D eigenvalue weighted by Crippen LogP contribution is -2.67. The molecule has 27 heteroatoms. The van der Waals surface area contributed by atoms with Gasteiger partial charge >= 0.3 is 15.6 Å². The fourth-order valence-corrected chi connectivity index (χ4v) is 14.3. The summed E-state index contributed by atoms with van der Waals surface area (Å²) in [5.41, 5.74) is 0. The van der Waals surface area contributed by atoms with Crippen molar-refractivity contribution < 1.29 is 118 Å². The normalized spacial score (nSPS) is 30.8. The van der Waals surface area contributed by atoms with Gasteiger partial charge in [-0.05, 0) is 12.8 Å². The van der Waals surface area contributed by atoms with Crippen LogP contribution in [0.5, 0.6) is 0 Å². The molecule has 21 atom stereocenters. The number of rotatable bonds is 54. The van der Waals surface area contributed by atoms with Gasteiger partial charge in [0.25, 0.3) is 0 Å². The van der Waals surface area contributed by atoms with E-state index in [2.05, 4.69) is 19.2 Å². The van der Waals surface area contributed by atoms with Gasteiger partial charge in [-0.2, -0.15) is 0 Å². The second-order valence-corrected chi connectivity index (χ2v) is 29.0. The first-order chi connectivity index (χ1) is 43.5. The quantitative estimate of drug-likeness (QED) is 0.0216. The molecule has 1 heterocycles. The number of phosphoric acid groups is 2. The fraction of sp³-hybridized carbons (Fsp3) is 0.984. The van der Waals surface area contributed by atoms with Crippen molar-refractivity contribution in [2.24, 2.45) is 0 Å². The second-order valence-electron chi connectivity index (χ2n) is 26.2. The molecular weight excluding hydrogens is 1230 g/mol. The van der Waals surface area contributed by atoms with Crippen LogP contribution in [0.2, 0.25) is 0 Å². The minimum Gasteiger partial charge on any atom is -0.391 e. The molecule has 1 saturated heterocycles. The summed E-state index contributed by atoms with van der Waals surface area (Å²) in [4.78, 5) is 35.0. The Balaban J connectivity index is 1.54. The summed E-state index contributed by atoms with van der Waals surface area (Å²) in [6.07, 6.45) is 6.56. The Kier molecular flexibility index (Phi) is 44.4. The van der Waals surface area contributed by atoms with Crippen LogP contribution in [0.25, 0.3) is 0 Å². The molecular formula is C64H125NO24P2. The van der Waals surface area contributed by atoms with Crippen LogP contribution in [-0.4, -0.2) is 211 Å². The third-order valence-corrected chi connectivity index (χ3v) is 20.3. The largest absolute Gasteiger partial charge is 0.472 e. The average Bonchev–Trinajstić information content (AvgIpc) is 1.36. The van der Waals surface area contributed by atoms with Crippen molar-refractivity contribution >= 4 is 21.6 Å². The maximum absolute atomic E-state index is 13.8. The van der Waals surface area contributed by atoms with Crippen molar-refractivity contribution in [3.8, 4) is 0 Å². The Morgan fingerprint density at radius 2 is 0.703 bits per heavy atom. The van der Waals surface area contributed by atoms with Crippen LogP contribution in [0.3, 0.4) is 0 Å². The van der Waals surface area contributed by atoms with Gasteiger partial charge in [-0.3, -0.25) is 22.9 Å². The molecule has 0 aromatic carbocycles. The summed E-state index contributed by atoms with van der Waals surface area (Å²) in [7, 11) is -11.0. The number of ether oxygens (including phenoxy) is 2. The first-order valence-electron chi connectivity index (χ1n) is 35.2. The number of carbonyl (C=O) groups is 1. The number of phosphoric ester groups is 2. The molecule has 0 spiro atoms. The molecule has 0 radical (unpaired) electrons. The van der Waals surface area contributed by atoms with Gasteiger partial charge in [0.2, 0.25) is 5.91 Å². The van der Waals surface area contributed by atoms with E-state index >= 15 is 0 Å². The van der Waals surface area contributed by atoms with Gasteiger partial charge in [-0.25, -0.2) is 9.13 Å². The van der Waals surface area contributed by atoms with E-state index in [4.69, 9.17) is 27.6 Å². The van der Waals surface area contributed by atoms with Crippen molar-refractivity contribution in [2.75, 3.05) is 13.2 Å². The predicted molar refractivity (Wildman–Crippen MR) is 341 cm³/mol. The molecule has 3 fully saturated rings. The number of nitrogens with one attached hydrogen (secondary N) is 1. The summed E-state index contributed by atoms with van der Waals surface area (Å²) in [5, 5.41) is 141. The number of unbranched alkanes of at least 4 members (excludes halogenated alkanes) is 36. The van der Waals surface area contributed by atoms with E-state index in [1.54, 1.807) is 0 Å². The molecule has 2 saturated carbocycles. The van der Waals surface area contributed by atoms with Gasteiger partial charge < -0.3 is 91.0 Å². The molecule has 3 rings (SSSR count). The number of hydrogen-bond acceptors (Lipinski definition) is 22. The Hall–Kier alpha value is -0.910. The summed E-state index contributed by atoms with van der Waals surface area (Å²) < 4.78 is 58.1. The van der Waals surface area contributed by atoms with Crippen molar-refractivity contribution in [2.45, 2.75) is 387 Å². The number of aliphatic hydroxyl groups excluding tert-OH is 13. The third-order valence-electron chi connectivity index (χ3n) is 18.3. The zero-order chi connectivity index (χ0) is 67.2. The molecule has 0 bridgehead atoms. The molecule has 1 aliphatic heterocycles. The van der Waals surface area contributed by atoms with Crippen molar-refractivity contribution in [3.63, 3.8) is 0 Å². The van der Waals surface area contributed by atoms with E-state index in [1.807, 2.05) is 0 Å². The maximum Gasteiger partial charge on any atom is 0.472 e. The van der Waals surface area contributed by atoms with Crippen LogP contribution in [0.4, 0.5) is 0 Å². The first kappa shape index (κ1) is 84.3. The summed E-state index contributed by atoms with van der Waals surface area (Å²) in [6, 6.07) is -1.24. The second kappa shape index (κ2) is 47.9. The molecule has 540 valence electrons. The zero-order valence-corrected chi connectivity index (χ0v) is 56.7. The summed E-state index contributed by atoms with van der Waals surface area (Å²) in [5.74, 6) is -0.434. The van der Waals surface area contributed by atoms with Crippen molar-refractivity contribution in [1.82, 2.24) is 5.32 Å². The van der Waals surface area contributed by atoms with Gasteiger partial charge in [-0.1, -0.05) is 251 Å². The molecule has 3 aliphatic rings. The molecule has 91 heavy (non-hydrogen) atoms. The van der Waals surface area contributed by atoms with Crippen LogP contribution in [0, 0.1) is 0 Å². The van der Waals surface area contributed by atoms with Gasteiger partial charge in [0, 0.05) is 6.42 Å². The summed E-state index contributed by atoms with van der Waals surface area (Å²) >= 11 is 0. The highest BCUT2D eigenvalue weighted by molar-refractivity contribution is 7.47. The lowest BCUT2D eigenvalue weighted by molar-refractivity contribution is -0.337. The molecule has 13 unspecified atom stereocenters. The molecule has 16 N–H and O–H groups in total. The van der Waals surface area contributed by atoms with Crippen LogP contribution in [-0.2, 0) is 41.5 Å². The van der Waals surface area contributed by atoms with Gasteiger partial charge in [-0.15, -0.1) is 0 Å². The lowest BCUT2D eigenvalue weighted by atomic mass is 9.84. The Morgan fingerprint density at radius 3 is 1.10 bits per heavy atom.